The Bertz CT molecular complexity index is 871. The van der Waals surface area contributed by atoms with Crippen LogP contribution in [0.5, 0.6) is 0 Å². The van der Waals surface area contributed by atoms with E-state index in [0.717, 1.165) is 18.4 Å². The van der Waals surface area contributed by atoms with Gasteiger partial charge in [0.2, 0.25) is 0 Å². The van der Waals surface area contributed by atoms with Gasteiger partial charge in [0.1, 0.15) is 5.49 Å². The van der Waals surface area contributed by atoms with Gasteiger partial charge in [-0.2, -0.15) is 0 Å². The lowest BCUT2D eigenvalue weighted by atomic mass is 9.96. The van der Waals surface area contributed by atoms with Gasteiger partial charge in [0.25, 0.3) is 11.5 Å². The predicted molar refractivity (Wildman–Crippen MR) is 93.0 cm³/mol. The van der Waals surface area contributed by atoms with Gasteiger partial charge in [0.15, 0.2) is 0 Å². The largest absolute Gasteiger partial charge is 0.319 e. The minimum Gasteiger partial charge on any atom is -0.319 e. The minimum atomic E-state index is -0.220. The Morgan fingerprint density at radius 2 is 1.88 bits per heavy atom. The molecule has 0 bridgehead atoms. The smallest absolute Gasteiger partial charge is 0.263 e. The maximum Gasteiger partial charge on any atom is 0.263 e. The van der Waals surface area contributed by atoms with Crippen molar-refractivity contribution in [1.82, 2.24) is 9.13 Å². The van der Waals surface area contributed by atoms with Crippen molar-refractivity contribution >= 4 is 5.91 Å². The van der Waals surface area contributed by atoms with Gasteiger partial charge in [-0.25, -0.2) is 0 Å². The molecule has 3 rings (SSSR count). The molecule has 24 heavy (non-hydrogen) atoms. The molecule has 1 saturated carbocycles. The quantitative estimate of drug-likeness (QED) is 0.851. The van der Waals surface area contributed by atoms with Crippen molar-refractivity contribution in [2.24, 2.45) is 12.0 Å². The van der Waals surface area contributed by atoms with Crippen molar-refractivity contribution in [3.8, 4) is 0 Å². The molecule has 0 radical (unpaired) electrons. The van der Waals surface area contributed by atoms with Gasteiger partial charge in [-0.3, -0.25) is 19.1 Å². The number of nitrogens with zero attached hydrogens (tertiary/aromatic N) is 3. The molecular formula is C19H23N3O2. The van der Waals surface area contributed by atoms with E-state index in [-0.39, 0.29) is 17.5 Å². The zero-order valence-electron chi connectivity index (χ0n) is 14.2. The lowest BCUT2D eigenvalue weighted by Gasteiger charge is -2.18. The maximum atomic E-state index is 12.8. The highest BCUT2D eigenvalue weighted by Crippen LogP contribution is 2.19. The first kappa shape index (κ1) is 16.4. The Morgan fingerprint density at radius 1 is 1.12 bits per heavy atom. The van der Waals surface area contributed by atoms with Crippen LogP contribution in [0, 0.1) is 6.92 Å². The summed E-state index contributed by atoms with van der Waals surface area (Å²) in [7, 11) is 1.67. The first-order valence-electron chi connectivity index (χ1n) is 8.49. The summed E-state index contributed by atoms with van der Waals surface area (Å²) in [5, 5.41) is 0. The van der Waals surface area contributed by atoms with E-state index in [1.54, 1.807) is 30.1 Å². The van der Waals surface area contributed by atoms with E-state index in [9.17, 15) is 9.59 Å². The fourth-order valence-electron chi connectivity index (χ4n) is 3.08. The molecule has 0 amide bonds. The summed E-state index contributed by atoms with van der Waals surface area (Å²) < 4.78 is 3.00. The lowest BCUT2D eigenvalue weighted by Crippen LogP contribution is -2.30. The highest BCUT2D eigenvalue weighted by atomic mass is 16.2. The third-order valence-electron chi connectivity index (χ3n) is 4.55. The average molecular weight is 325 g/mol. The Hall–Kier alpha value is -2.43. The molecule has 0 atom stereocenters. The number of aromatic nitrogens is 2. The van der Waals surface area contributed by atoms with Crippen molar-refractivity contribution < 1.29 is 4.79 Å². The van der Waals surface area contributed by atoms with Gasteiger partial charge in [0.05, 0.1) is 6.04 Å². The van der Waals surface area contributed by atoms with Gasteiger partial charge in [-0.05, 0) is 43.5 Å². The number of carbonyl (C=O) groups is 1. The fraction of sp³-hybridized carbons (Fsp3) is 0.421. The number of aryl methyl sites for hydroxylation is 2. The SMILES string of the molecule is Cc1ccn(C(=O)c2ccn(C)c(=O)c2)c(=NC2CCCCC2)c1. The van der Waals surface area contributed by atoms with Gasteiger partial charge >= 0.3 is 0 Å². The molecule has 0 aliphatic heterocycles. The van der Waals surface area contributed by atoms with Crippen LogP contribution >= 0.6 is 0 Å². The standard InChI is InChI=1S/C19H23N3O2/c1-14-8-11-22(17(12-14)20-16-6-4-3-5-7-16)19(24)15-9-10-21(2)18(23)13-15/h8-13,16H,3-7H2,1-2H3. The molecule has 126 valence electrons. The van der Waals surface area contributed by atoms with Crippen LogP contribution in [-0.2, 0) is 7.05 Å². The molecule has 1 fully saturated rings. The lowest BCUT2D eigenvalue weighted by molar-refractivity contribution is 0.0954. The van der Waals surface area contributed by atoms with E-state index in [0.29, 0.717) is 11.1 Å². The minimum absolute atomic E-state index is 0.195. The van der Waals surface area contributed by atoms with E-state index in [2.05, 4.69) is 0 Å². The Balaban J connectivity index is 2.03. The molecule has 0 N–H and O–H groups in total. The summed E-state index contributed by atoms with van der Waals surface area (Å²) in [6.45, 7) is 1.99. The monoisotopic (exact) mass is 325 g/mol. The number of rotatable bonds is 2. The van der Waals surface area contributed by atoms with Crippen LogP contribution in [0.4, 0.5) is 0 Å². The molecule has 0 saturated heterocycles. The second-order valence-corrected chi connectivity index (χ2v) is 6.52. The zero-order valence-corrected chi connectivity index (χ0v) is 14.2. The second-order valence-electron chi connectivity index (χ2n) is 6.52. The molecule has 0 aromatic carbocycles. The summed E-state index contributed by atoms with van der Waals surface area (Å²) in [4.78, 5) is 29.5. The summed E-state index contributed by atoms with van der Waals surface area (Å²) in [5.41, 5.74) is 1.93. The summed E-state index contributed by atoms with van der Waals surface area (Å²) in [6, 6.07) is 7.15. The van der Waals surface area contributed by atoms with Crippen LogP contribution in [0.2, 0.25) is 0 Å². The molecule has 2 aromatic heterocycles. The third-order valence-corrected chi connectivity index (χ3v) is 4.55. The van der Waals surface area contributed by atoms with Crippen LogP contribution in [0.1, 0.15) is 48.0 Å². The van der Waals surface area contributed by atoms with Crippen LogP contribution in [0.3, 0.4) is 0 Å². The van der Waals surface area contributed by atoms with E-state index in [4.69, 9.17) is 4.99 Å². The molecule has 5 nitrogen and oxygen atoms in total. The maximum absolute atomic E-state index is 12.8. The van der Waals surface area contributed by atoms with Crippen molar-refractivity contribution in [3.63, 3.8) is 0 Å². The molecule has 0 spiro atoms. The number of carbonyl (C=O) groups excluding carboxylic acids is 1. The number of pyridine rings is 2. The highest BCUT2D eigenvalue weighted by Gasteiger charge is 2.14. The zero-order chi connectivity index (χ0) is 17.1. The van der Waals surface area contributed by atoms with E-state index in [1.807, 2.05) is 19.1 Å². The van der Waals surface area contributed by atoms with Crippen LogP contribution in [0.15, 0.2) is 46.4 Å². The van der Waals surface area contributed by atoms with Crippen molar-refractivity contribution in [2.75, 3.05) is 0 Å². The van der Waals surface area contributed by atoms with Gasteiger partial charge < -0.3 is 4.57 Å². The van der Waals surface area contributed by atoms with Gasteiger partial charge in [0, 0.05) is 31.1 Å². The first-order chi connectivity index (χ1) is 11.5. The van der Waals surface area contributed by atoms with Crippen LogP contribution in [-0.4, -0.2) is 21.1 Å². The Kier molecular flexibility index (Phi) is 4.79. The molecule has 5 heteroatoms. The Labute approximate surface area is 141 Å². The average Bonchev–Trinajstić information content (AvgIpc) is 2.58. The fourth-order valence-corrected chi connectivity index (χ4v) is 3.08. The van der Waals surface area contributed by atoms with E-state index >= 15 is 0 Å². The molecule has 0 unspecified atom stereocenters. The van der Waals surface area contributed by atoms with Gasteiger partial charge in [-0.15, -0.1) is 0 Å². The predicted octanol–water partition coefficient (Wildman–Crippen LogP) is 2.42. The topological polar surface area (TPSA) is 56.4 Å². The van der Waals surface area contributed by atoms with Crippen molar-refractivity contribution in [2.45, 2.75) is 45.1 Å². The van der Waals surface area contributed by atoms with E-state index in [1.165, 1.54) is 29.9 Å². The normalized spacial score (nSPS) is 16.3. The molecule has 1 aliphatic carbocycles. The Morgan fingerprint density at radius 3 is 2.58 bits per heavy atom. The van der Waals surface area contributed by atoms with Gasteiger partial charge in [-0.1, -0.05) is 19.3 Å². The molecule has 2 aromatic rings. The van der Waals surface area contributed by atoms with Crippen LogP contribution in [0.25, 0.3) is 0 Å². The summed E-state index contributed by atoms with van der Waals surface area (Å²) >= 11 is 0. The first-order valence-corrected chi connectivity index (χ1v) is 8.49. The molecular weight excluding hydrogens is 302 g/mol. The number of hydrogen-bond acceptors (Lipinski definition) is 3. The summed E-state index contributed by atoms with van der Waals surface area (Å²) in [6.07, 6.45) is 9.18. The highest BCUT2D eigenvalue weighted by molar-refractivity contribution is 5.95. The molecule has 1 aliphatic rings. The summed E-state index contributed by atoms with van der Waals surface area (Å²) in [5.74, 6) is -0.220. The molecule has 2 heterocycles. The number of hydrogen-bond donors (Lipinski definition) is 0. The van der Waals surface area contributed by atoms with E-state index < -0.39 is 0 Å². The van der Waals surface area contributed by atoms with Crippen LogP contribution < -0.4 is 11.0 Å². The van der Waals surface area contributed by atoms with Crippen molar-refractivity contribution in [1.29, 1.82) is 0 Å². The third kappa shape index (κ3) is 3.55. The van der Waals surface area contributed by atoms with Crippen molar-refractivity contribution in [3.05, 3.63) is 63.6 Å². The second kappa shape index (κ2) is 6.99.